The minimum atomic E-state index is -0.131. The third kappa shape index (κ3) is 3.14. The highest BCUT2D eigenvalue weighted by atomic mass is 35.5. The van der Waals surface area contributed by atoms with Gasteiger partial charge in [0.15, 0.2) is 0 Å². The van der Waals surface area contributed by atoms with Crippen LogP contribution in [0.1, 0.15) is 10.4 Å². The van der Waals surface area contributed by atoms with Crippen molar-refractivity contribution in [1.82, 2.24) is 0 Å². The number of carbonyl (C=O) groups is 1. The molecule has 1 aliphatic rings. The van der Waals surface area contributed by atoms with E-state index in [-0.39, 0.29) is 5.12 Å². The number of rotatable bonds is 1. The molecule has 0 aromatic heterocycles. The molecule has 22 heavy (non-hydrogen) atoms. The van der Waals surface area contributed by atoms with Crippen LogP contribution in [0.4, 0.5) is 11.4 Å². The number of fused-ring (bicyclic) bond motifs is 1. The predicted molar refractivity (Wildman–Crippen MR) is 95.2 cm³/mol. The van der Waals surface area contributed by atoms with Gasteiger partial charge in [0.1, 0.15) is 5.04 Å². The fourth-order valence-corrected chi connectivity index (χ4v) is 3.67. The van der Waals surface area contributed by atoms with Crippen molar-refractivity contribution in [1.29, 1.82) is 0 Å². The second-order valence-electron chi connectivity index (χ2n) is 4.86. The first kappa shape index (κ1) is 15.4. The van der Waals surface area contributed by atoms with Gasteiger partial charge >= 0.3 is 0 Å². The van der Waals surface area contributed by atoms with Crippen molar-refractivity contribution in [3.05, 3.63) is 58.1 Å². The zero-order valence-corrected chi connectivity index (χ0v) is 14.0. The van der Waals surface area contributed by atoms with Crippen LogP contribution in [0.2, 0.25) is 10.0 Å². The van der Waals surface area contributed by atoms with Gasteiger partial charge in [-0.25, -0.2) is 4.99 Å². The molecule has 6 heteroatoms. The third-order valence-electron chi connectivity index (χ3n) is 3.27. The number of nitrogens with zero attached hydrogens (tertiary/aromatic N) is 2. The quantitative estimate of drug-likeness (QED) is 0.721. The average molecular weight is 351 g/mol. The molecule has 112 valence electrons. The summed E-state index contributed by atoms with van der Waals surface area (Å²) in [6.45, 7) is 0.596. The van der Waals surface area contributed by atoms with Crippen molar-refractivity contribution < 1.29 is 4.79 Å². The van der Waals surface area contributed by atoms with E-state index in [1.54, 1.807) is 18.2 Å². The standard InChI is InChI=1S/C16H12Cl2N2OS/c1-20-9-15(19-13-4-2-3-5-14(13)20)22-16(21)11-7-6-10(17)8-12(11)18/h2-8H,9H2,1H3. The number of para-hydroxylation sites is 2. The SMILES string of the molecule is CN1CC(SC(=O)c2ccc(Cl)cc2Cl)=Nc2ccccc21. The third-order valence-corrected chi connectivity index (χ3v) is 4.68. The molecular formula is C16H12Cl2N2OS. The van der Waals surface area contributed by atoms with Crippen LogP contribution in [0.5, 0.6) is 0 Å². The van der Waals surface area contributed by atoms with E-state index in [1.165, 1.54) is 0 Å². The summed E-state index contributed by atoms with van der Waals surface area (Å²) in [4.78, 5) is 19.0. The lowest BCUT2D eigenvalue weighted by Gasteiger charge is -2.25. The van der Waals surface area contributed by atoms with E-state index in [0.717, 1.165) is 28.2 Å². The van der Waals surface area contributed by atoms with Gasteiger partial charge in [0.2, 0.25) is 5.12 Å². The van der Waals surface area contributed by atoms with Crippen LogP contribution in [-0.4, -0.2) is 23.8 Å². The number of anilines is 1. The Hall–Kier alpha value is -1.49. The number of thioether (sulfide) groups is 1. The summed E-state index contributed by atoms with van der Waals surface area (Å²) >= 11 is 13.0. The van der Waals surface area contributed by atoms with E-state index in [4.69, 9.17) is 23.2 Å². The molecule has 0 atom stereocenters. The highest BCUT2D eigenvalue weighted by Crippen LogP contribution is 2.34. The number of carbonyl (C=O) groups excluding carboxylic acids is 1. The molecule has 0 spiro atoms. The first-order valence-corrected chi connectivity index (χ1v) is 8.17. The molecule has 3 rings (SSSR count). The Morgan fingerprint density at radius 3 is 2.77 bits per heavy atom. The molecule has 3 nitrogen and oxygen atoms in total. The summed E-state index contributed by atoms with van der Waals surface area (Å²) in [5.41, 5.74) is 2.37. The number of hydrogen-bond acceptors (Lipinski definition) is 4. The molecule has 0 unspecified atom stereocenters. The summed E-state index contributed by atoms with van der Waals surface area (Å²) < 4.78 is 0. The van der Waals surface area contributed by atoms with Gasteiger partial charge in [0.05, 0.1) is 22.9 Å². The van der Waals surface area contributed by atoms with Gasteiger partial charge in [-0.1, -0.05) is 35.3 Å². The van der Waals surface area contributed by atoms with Gasteiger partial charge in [-0.05, 0) is 42.1 Å². The Morgan fingerprint density at radius 1 is 1.23 bits per heavy atom. The number of hydrogen-bond donors (Lipinski definition) is 0. The molecule has 0 radical (unpaired) electrons. The fourth-order valence-electron chi connectivity index (χ4n) is 2.21. The molecule has 0 saturated heterocycles. The zero-order chi connectivity index (χ0) is 15.7. The van der Waals surface area contributed by atoms with E-state index in [0.29, 0.717) is 22.2 Å². The van der Waals surface area contributed by atoms with Crippen LogP contribution in [0, 0.1) is 0 Å². The summed E-state index contributed by atoms with van der Waals surface area (Å²) in [5.74, 6) is 0. The topological polar surface area (TPSA) is 32.7 Å². The van der Waals surface area contributed by atoms with E-state index >= 15 is 0 Å². The summed E-state index contributed by atoms with van der Waals surface area (Å²) in [6, 6.07) is 12.7. The Kier molecular flexibility index (Phi) is 4.43. The van der Waals surface area contributed by atoms with Gasteiger partial charge in [0.25, 0.3) is 0 Å². The minimum Gasteiger partial charge on any atom is -0.366 e. The molecular weight excluding hydrogens is 339 g/mol. The highest BCUT2D eigenvalue weighted by Gasteiger charge is 2.20. The van der Waals surface area contributed by atoms with Crippen molar-refractivity contribution in [3.63, 3.8) is 0 Å². The van der Waals surface area contributed by atoms with Crippen LogP contribution < -0.4 is 4.90 Å². The molecule has 0 saturated carbocycles. The molecule has 1 aliphatic heterocycles. The Balaban J connectivity index is 1.85. The van der Waals surface area contributed by atoms with Crippen molar-refractivity contribution in [2.45, 2.75) is 0 Å². The molecule has 0 N–H and O–H groups in total. The Labute approximate surface area is 142 Å². The van der Waals surface area contributed by atoms with Crippen LogP contribution in [0.25, 0.3) is 0 Å². The van der Waals surface area contributed by atoms with Gasteiger partial charge in [0, 0.05) is 17.6 Å². The number of halogens is 2. The largest absolute Gasteiger partial charge is 0.366 e. The molecule has 2 aromatic carbocycles. The van der Waals surface area contributed by atoms with Crippen molar-refractivity contribution in [3.8, 4) is 0 Å². The molecule has 1 heterocycles. The maximum atomic E-state index is 12.4. The Morgan fingerprint density at radius 2 is 2.00 bits per heavy atom. The van der Waals surface area contributed by atoms with Crippen LogP contribution in [0.15, 0.2) is 47.5 Å². The molecule has 0 aliphatic carbocycles. The van der Waals surface area contributed by atoms with Crippen LogP contribution in [-0.2, 0) is 0 Å². The summed E-state index contributed by atoms with van der Waals surface area (Å²) in [6.07, 6.45) is 0. The number of aliphatic imine (C=N–C) groups is 1. The molecule has 2 aromatic rings. The number of benzene rings is 2. The summed E-state index contributed by atoms with van der Waals surface area (Å²) in [5, 5.41) is 1.48. The smallest absolute Gasteiger partial charge is 0.226 e. The lowest BCUT2D eigenvalue weighted by atomic mass is 10.2. The van der Waals surface area contributed by atoms with Gasteiger partial charge in [-0.2, -0.15) is 0 Å². The van der Waals surface area contributed by atoms with Gasteiger partial charge < -0.3 is 4.90 Å². The van der Waals surface area contributed by atoms with Crippen molar-refractivity contribution >= 4 is 56.5 Å². The second-order valence-corrected chi connectivity index (χ2v) is 6.75. The minimum absolute atomic E-state index is 0.131. The lowest BCUT2D eigenvalue weighted by molar-refractivity contribution is 0.109. The molecule has 0 fully saturated rings. The van der Waals surface area contributed by atoms with E-state index in [1.807, 2.05) is 31.3 Å². The van der Waals surface area contributed by atoms with Crippen molar-refractivity contribution in [2.24, 2.45) is 4.99 Å². The maximum Gasteiger partial charge on any atom is 0.226 e. The lowest BCUT2D eigenvalue weighted by Crippen LogP contribution is -2.27. The predicted octanol–water partition coefficient (Wildman–Crippen LogP) is 5.05. The van der Waals surface area contributed by atoms with E-state index < -0.39 is 0 Å². The molecule has 0 bridgehead atoms. The van der Waals surface area contributed by atoms with Crippen LogP contribution in [0.3, 0.4) is 0 Å². The average Bonchev–Trinajstić information content (AvgIpc) is 2.47. The van der Waals surface area contributed by atoms with Gasteiger partial charge in [-0.15, -0.1) is 0 Å². The Bertz CT molecular complexity index is 776. The highest BCUT2D eigenvalue weighted by molar-refractivity contribution is 8.26. The van der Waals surface area contributed by atoms with Crippen molar-refractivity contribution in [2.75, 3.05) is 18.5 Å². The van der Waals surface area contributed by atoms with Gasteiger partial charge in [-0.3, -0.25) is 4.79 Å². The van der Waals surface area contributed by atoms with E-state index in [2.05, 4.69) is 9.89 Å². The maximum absolute atomic E-state index is 12.4. The zero-order valence-electron chi connectivity index (χ0n) is 11.7. The second kappa shape index (κ2) is 6.32. The first-order valence-electron chi connectivity index (χ1n) is 6.59. The molecule has 0 amide bonds. The van der Waals surface area contributed by atoms with Crippen LogP contribution >= 0.6 is 35.0 Å². The monoisotopic (exact) mass is 350 g/mol. The first-order chi connectivity index (χ1) is 10.5. The summed E-state index contributed by atoms with van der Waals surface area (Å²) in [7, 11) is 1.98. The normalized spacial score (nSPS) is 13.6. The fraction of sp³-hybridized carbons (Fsp3) is 0.125. The van der Waals surface area contributed by atoms with E-state index in [9.17, 15) is 4.79 Å².